The molecule has 0 spiro atoms. The number of rotatable bonds is 5. The number of aliphatic hydroxyl groups excluding tert-OH is 1. The zero-order valence-electron chi connectivity index (χ0n) is 13.3. The molecule has 4 nitrogen and oxygen atoms in total. The molecular weight excluding hydrogens is 286 g/mol. The Bertz CT molecular complexity index is 516. The summed E-state index contributed by atoms with van der Waals surface area (Å²) in [6.45, 7) is 6.45. The highest BCUT2D eigenvalue weighted by Gasteiger charge is 2.27. The minimum Gasteiger partial charge on any atom is -0.495 e. The number of aryl methyl sites for hydroxylation is 1. The van der Waals surface area contributed by atoms with Crippen molar-refractivity contribution < 1.29 is 14.6 Å². The van der Waals surface area contributed by atoms with Crippen molar-refractivity contribution in [3.05, 3.63) is 15.3 Å². The van der Waals surface area contributed by atoms with E-state index in [-0.39, 0.29) is 11.3 Å². The fourth-order valence-corrected chi connectivity index (χ4v) is 3.85. The van der Waals surface area contributed by atoms with E-state index in [4.69, 9.17) is 4.74 Å². The van der Waals surface area contributed by atoms with Crippen molar-refractivity contribution in [1.82, 2.24) is 5.32 Å². The zero-order chi connectivity index (χ0) is 15.6. The molecule has 1 heterocycles. The third-order valence-corrected chi connectivity index (χ3v) is 5.26. The quantitative estimate of drug-likeness (QED) is 0.879. The Labute approximate surface area is 130 Å². The summed E-state index contributed by atoms with van der Waals surface area (Å²) in [6.07, 6.45) is 3.34. The van der Waals surface area contributed by atoms with Gasteiger partial charge in [-0.2, -0.15) is 0 Å². The van der Waals surface area contributed by atoms with Gasteiger partial charge >= 0.3 is 0 Å². The van der Waals surface area contributed by atoms with Crippen LogP contribution in [-0.4, -0.2) is 30.8 Å². The molecule has 0 saturated carbocycles. The molecule has 0 aromatic carbocycles. The Morgan fingerprint density at radius 1 is 1.43 bits per heavy atom. The van der Waals surface area contributed by atoms with Crippen LogP contribution in [0.1, 0.15) is 53.7 Å². The van der Waals surface area contributed by atoms with Crippen molar-refractivity contribution in [3.8, 4) is 5.75 Å². The van der Waals surface area contributed by atoms with Crippen molar-refractivity contribution in [2.24, 2.45) is 5.41 Å². The van der Waals surface area contributed by atoms with Crippen LogP contribution in [0.15, 0.2) is 0 Å². The Morgan fingerprint density at radius 3 is 2.76 bits per heavy atom. The molecule has 2 N–H and O–H groups in total. The molecule has 118 valence electrons. The van der Waals surface area contributed by atoms with E-state index in [0.717, 1.165) is 25.0 Å². The number of hydrogen-bond donors (Lipinski definition) is 2. The topological polar surface area (TPSA) is 58.6 Å². The van der Waals surface area contributed by atoms with Gasteiger partial charge in [-0.15, -0.1) is 11.3 Å². The first-order valence-corrected chi connectivity index (χ1v) is 8.31. The molecule has 1 amide bonds. The molecule has 1 aromatic heterocycles. The molecule has 0 radical (unpaired) electrons. The number of ether oxygens (including phenoxy) is 1. The summed E-state index contributed by atoms with van der Waals surface area (Å²) in [6, 6.07) is 0. The molecule has 0 bridgehead atoms. The van der Waals surface area contributed by atoms with Crippen molar-refractivity contribution in [2.45, 2.75) is 52.6 Å². The predicted molar refractivity (Wildman–Crippen MR) is 85.3 cm³/mol. The second kappa shape index (κ2) is 6.36. The SMILES string of the molecule is COc1c(C(=O)NCCC(O)C(C)(C)C)sc2c1CCC2. The fourth-order valence-electron chi connectivity index (χ4n) is 2.58. The summed E-state index contributed by atoms with van der Waals surface area (Å²) >= 11 is 1.55. The summed E-state index contributed by atoms with van der Waals surface area (Å²) < 4.78 is 5.43. The van der Waals surface area contributed by atoms with Crippen LogP contribution < -0.4 is 10.1 Å². The maximum atomic E-state index is 12.3. The fraction of sp³-hybridized carbons (Fsp3) is 0.688. The van der Waals surface area contributed by atoms with Gasteiger partial charge in [0.1, 0.15) is 10.6 Å². The largest absolute Gasteiger partial charge is 0.495 e. The second-order valence-electron chi connectivity index (χ2n) is 6.65. The number of carbonyl (C=O) groups is 1. The molecular formula is C16H25NO3S. The number of hydrogen-bond acceptors (Lipinski definition) is 4. The standard InChI is InChI=1S/C16H25NO3S/c1-16(2,3)12(18)8-9-17-15(19)14-13(20-4)10-6-5-7-11(10)21-14/h12,18H,5-9H2,1-4H3,(H,17,19). The first kappa shape index (κ1) is 16.3. The van der Waals surface area contributed by atoms with E-state index >= 15 is 0 Å². The number of carbonyl (C=O) groups excluding carboxylic acids is 1. The van der Waals surface area contributed by atoms with Gasteiger partial charge in [0.15, 0.2) is 0 Å². The summed E-state index contributed by atoms with van der Waals surface area (Å²) in [4.78, 5) is 14.3. The maximum Gasteiger partial charge on any atom is 0.265 e. The highest BCUT2D eigenvalue weighted by atomic mass is 32.1. The minimum atomic E-state index is -0.423. The van der Waals surface area contributed by atoms with Crippen LogP contribution in [0, 0.1) is 5.41 Å². The molecule has 1 aliphatic rings. The van der Waals surface area contributed by atoms with Crippen molar-refractivity contribution >= 4 is 17.2 Å². The molecule has 5 heteroatoms. The molecule has 1 atom stereocenters. The van der Waals surface area contributed by atoms with Gasteiger partial charge in [0, 0.05) is 17.0 Å². The summed E-state index contributed by atoms with van der Waals surface area (Å²) in [5.74, 6) is 0.661. The van der Waals surface area contributed by atoms with E-state index in [1.807, 2.05) is 20.8 Å². The summed E-state index contributed by atoms with van der Waals surface area (Å²) in [5.41, 5.74) is 1.05. The predicted octanol–water partition coefficient (Wildman–Crippen LogP) is 2.77. The first-order valence-electron chi connectivity index (χ1n) is 7.49. The summed E-state index contributed by atoms with van der Waals surface area (Å²) in [5, 5.41) is 12.9. The number of amides is 1. The number of fused-ring (bicyclic) bond motifs is 1. The first-order chi connectivity index (χ1) is 9.84. The van der Waals surface area contributed by atoms with Crippen molar-refractivity contribution in [3.63, 3.8) is 0 Å². The van der Waals surface area contributed by atoms with Crippen LogP contribution in [-0.2, 0) is 12.8 Å². The summed E-state index contributed by atoms with van der Waals surface area (Å²) in [7, 11) is 1.63. The number of aliphatic hydroxyl groups is 1. The Hall–Kier alpha value is -1.07. The lowest BCUT2D eigenvalue weighted by atomic mass is 9.87. The lowest BCUT2D eigenvalue weighted by Crippen LogP contribution is -2.32. The smallest absolute Gasteiger partial charge is 0.265 e. The van der Waals surface area contributed by atoms with E-state index in [0.29, 0.717) is 17.8 Å². The lowest BCUT2D eigenvalue weighted by Gasteiger charge is -2.25. The number of nitrogens with one attached hydrogen (secondary N) is 1. The second-order valence-corrected chi connectivity index (χ2v) is 7.75. The van der Waals surface area contributed by atoms with Gasteiger partial charge < -0.3 is 15.2 Å². The average Bonchev–Trinajstić information content (AvgIpc) is 2.96. The third kappa shape index (κ3) is 3.58. The van der Waals surface area contributed by atoms with Crippen LogP contribution >= 0.6 is 11.3 Å². The number of methoxy groups -OCH3 is 1. The van der Waals surface area contributed by atoms with Gasteiger partial charge in [0.2, 0.25) is 0 Å². The van der Waals surface area contributed by atoms with Crippen LogP contribution in [0.2, 0.25) is 0 Å². The third-order valence-electron chi connectivity index (χ3n) is 3.99. The lowest BCUT2D eigenvalue weighted by molar-refractivity contribution is 0.0551. The van der Waals surface area contributed by atoms with Crippen LogP contribution in [0.3, 0.4) is 0 Å². The van der Waals surface area contributed by atoms with E-state index in [1.165, 1.54) is 10.4 Å². The molecule has 0 saturated heterocycles. The molecule has 21 heavy (non-hydrogen) atoms. The van der Waals surface area contributed by atoms with E-state index < -0.39 is 6.10 Å². The van der Waals surface area contributed by atoms with Gasteiger partial charge in [-0.3, -0.25) is 4.79 Å². The Morgan fingerprint density at radius 2 is 2.14 bits per heavy atom. The highest BCUT2D eigenvalue weighted by molar-refractivity contribution is 7.14. The zero-order valence-corrected chi connectivity index (χ0v) is 14.1. The molecule has 1 aliphatic carbocycles. The molecule has 1 aromatic rings. The maximum absolute atomic E-state index is 12.3. The molecule has 2 rings (SSSR count). The molecule has 0 fully saturated rings. The van der Waals surface area contributed by atoms with Gasteiger partial charge in [0.05, 0.1) is 13.2 Å². The van der Waals surface area contributed by atoms with Gasteiger partial charge in [-0.25, -0.2) is 0 Å². The average molecular weight is 311 g/mol. The van der Waals surface area contributed by atoms with Gasteiger partial charge in [-0.1, -0.05) is 20.8 Å². The monoisotopic (exact) mass is 311 g/mol. The van der Waals surface area contributed by atoms with Gasteiger partial charge in [0.25, 0.3) is 5.91 Å². The van der Waals surface area contributed by atoms with Gasteiger partial charge in [-0.05, 0) is 31.1 Å². The highest BCUT2D eigenvalue weighted by Crippen LogP contribution is 2.40. The van der Waals surface area contributed by atoms with Crippen molar-refractivity contribution in [2.75, 3.05) is 13.7 Å². The van der Waals surface area contributed by atoms with E-state index in [1.54, 1.807) is 18.4 Å². The van der Waals surface area contributed by atoms with Crippen molar-refractivity contribution in [1.29, 1.82) is 0 Å². The van der Waals surface area contributed by atoms with Crippen LogP contribution in [0.4, 0.5) is 0 Å². The number of thiophene rings is 1. The Kier molecular flexibility index (Phi) is 4.94. The Balaban J connectivity index is 1.96. The minimum absolute atomic E-state index is 0.0904. The van der Waals surface area contributed by atoms with Crippen LogP contribution in [0.5, 0.6) is 5.75 Å². The normalized spacial score (nSPS) is 15.7. The van der Waals surface area contributed by atoms with Crippen LogP contribution in [0.25, 0.3) is 0 Å². The van der Waals surface area contributed by atoms with E-state index in [2.05, 4.69) is 5.32 Å². The molecule has 1 unspecified atom stereocenters. The molecule has 0 aliphatic heterocycles. The van der Waals surface area contributed by atoms with E-state index in [9.17, 15) is 9.90 Å².